The van der Waals surface area contributed by atoms with Gasteiger partial charge < -0.3 is 14.7 Å². The molecule has 19 heavy (non-hydrogen) atoms. The Bertz CT molecular complexity index is 268. The lowest BCUT2D eigenvalue weighted by Gasteiger charge is -2.34. The van der Waals surface area contributed by atoms with Crippen LogP contribution in [-0.2, 0) is 4.79 Å². The van der Waals surface area contributed by atoms with Gasteiger partial charge in [-0.2, -0.15) is 0 Å². The number of carbonyl (C=O) groups excluding carboxylic acids is 1. The number of amides is 1. The molecule has 0 unspecified atom stereocenters. The first kappa shape index (κ1) is 16.4. The molecular formula is C14H30N4O. The molecule has 1 saturated heterocycles. The molecule has 1 aliphatic rings. The van der Waals surface area contributed by atoms with Gasteiger partial charge in [-0.3, -0.25) is 9.69 Å². The van der Waals surface area contributed by atoms with Crippen molar-refractivity contribution in [3.63, 3.8) is 0 Å². The number of nitrogens with zero attached hydrogens (tertiary/aromatic N) is 4. The van der Waals surface area contributed by atoms with E-state index in [4.69, 9.17) is 0 Å². The maximum Gasteiger partial charge on any atom is 0.236 e. The lowest BCUT2D eigenvalue weighted by molar-refractivity contribution is -0.136. The summed E-state index contributed by atoms with van der Waals surface area (Å²) in [4.78, 5) is 20.7. The number of piperazine rings is 1. The highest BCUT2D eigenvalue weighted by Crippen LogP contribution is 2.05. The largest absolute Gasteiger partial charge is 0.340 e. The van der Waals surface area contributed by atoms with E-state index in [2.05, 4.69) is 42.9 Å². The van der Waals surface area contributed by atoms with Gasteiger partial charge in [0.2, 0.25) is 5.91 Å². The zero-order valence-electron chi connectivity index (χ0n) is 13.1. The third kappa shape index (κ3) is 6.89. The molecule has 0 aromatic rings. The molecule has 1 aliphatic heterocycles. The van der Waals surface area contributed by atoms with Gasteiger partial charge in [0.05, 0.1) is 6.54 Å². The first-order valence-corrected chi connectivity index (χ1v) is 7.28. The van der Waals surface area contributed by atoms with Crippen LogP contribution < -0.4 is 0 Å². The Hall–Kier alpha value is -0.650. The van der Waals surface area contributed by atoms with Gasteiger partial charge in [-0.1, -0.05) is 0 Å². The number of rotatable bonds is 8. The second-order valence-electron chi connectivity index (χ2n) is 5.97. The molecule has 0 N–H and O–H groups in total. The van der Waals surface area contributed by atoms with Crippen molar-refractivity contribution in [2.75, 3.05) is 74.0 Å². The van der Waals surface area contributed by atoms with Crippen molar-refractivity contribution in [2.45, 2.75) is 12.8 Å². The van der Waals surface area contributed by atoms with E-state index in [1.807, 2.05) is 4.90 Å². The summed E-state index contributed by atoms with van der Waals surface area (Å²) in [6.45, 7) is 6.62. The van der Waals surface area contributed by atoms with E-state index in [-0.39, 0.29) is 0 Å². The van der Waals surface area contributed by atoms with Crippen LogP contribution in [0.2, 0.25) is 0 Å². The minimum absolute atomic E-state index is 0.301. The van der Waals surface area contributed by atoms with Gasteiger partial charge >= 0.3 is 0 Å². The van der Waals surface area contributed by atoms with Crippen LogP contribution in [0.3, 0.4) is 0 Å². The summed E-state index contributed by atoms with van der Waals surface area (Å²) < 4.78 is 0. The molecule has 0 bridgehead atoms. The van der Waals surface area contributed by atoms with E-state index in [0.717, 1.165) is 52.1 Å². The fourth-order valence-electron chi connectivity index (χ4n) is 2.37. The zero-order chi connectivity index (χ0) is 14.3. The molecule has 0 aromatic carbocycles. The third-order valence-corrected chi connectivity index (χ3v) is 3.51. The molecule has 0 atom stereocenters. The second-order valence-corrected chi connectivity index (χ2v) is 5.97. The standard InChI is InChI=1S/C14H30N4O/c1-15(2)7-5-9-17-11-12-18(14(19)13-17)10-6-8-16(3)4/h5-13H2,1-4H3. The van der Waals surface area contributed by atoms with Crippen LogP contribution in [-0.4, -0.2) is 99.5 Å². The summed E-state index contributed by atoms with van der Waals surface area (Å²) in [7, 11) is 8.33. The first-order valence-electron chi connectivity index (χ1n) is 7.28. The molecule has 0 spiro atoms. The van der Waals surface area contributed by atoms with Crippen LogP contribution in [0.4, 0.5) is 0 Å². The van der Waals surface area contributed by atoms with Crippen LogP contribution in [0.25, 0.3) is 0 Å². The highest BCUT2D eigenvalue weighted by Gasteiger charge is 2.22. The van der Waals surface area contributed by atoms with Crippen molar-refractivity contribution in [1.29, 1.82) is 0 Å². The first-order chi connectivity index (χ1) is 8.99. The van der Waals surface area contributed by atoms with E-state index < -0.39 is 0 Å². The molecule has 1 rings (SSSR count). The number of carbonyl (C=O) groups is 1. The highest BCUT2D eigenvalue weighted by atomic mass is 16.2. The fourth-order valence-corrected chi connectivity index (χ4v) is 2.37. The summed E-state index contributed by atoms with van der Waals surface area (Å²) in [6.07, 6.45) is 2.21. The van der Waals surface area contributed by atoms with Crippen molar-refractivity contribution in [3.8, 4) is 0 Å². The predicted octanol–water partition coefficient (Wildman–Crippen LogP) is 0.0340. The van der Waals surface area contributed by atoms with Crippen molar-refractivity contribution >= 4 is 5.91 Å². The minimum atomic E-state index is 0.301. The number of hydrogen-bond acceptors (Lipinski definition) is 4. The van der Waals surface area contributed by atoms with Gasteiger partial charge in [-0.25, -0.2) is 0 Å². The van der Waals surface area contributed by atoms with E-state index in [9.17, 15) is 4.79 Å². The van der Waals surface area contributed by atoms with Crippen LogP contribution in [0.15, 0.2) is 0 Å². The van der Waals surface area contributed by atoms with Gasteiger partial charge in [0.15, 0.2) is 0 Å². The van der Waals surface area contributed by atoms with E-state index in [0.29, 0.717) is 12.5 Å². The lowest BCUT2D eigenvalue weighted by atomic mass is 10.2. The van der Waals surface area contributed by atoms with E-state index in [1.165, 1.54) is 0 Å². The molecule has 5 nitrogen and oxygen atoms in total. The van der Waals surface area contributed by atoms with E-state index in [1.54, 1.807) is 0 Å². The Kier molecular flexibility index (Phi) is 7.34. The smallest absolute Gasteiger partial charge is 0.236 e. The SMILES string of the molecule is CN(C)CCCN1CCN(CCCN(C)C)C(=O)C1. The second kappa shape index (κ2) is 8.51. The molecule has 1 amide bonds. The summed E-state index contributed by atoms with van der Waals surface area (Å²) in [5, 5.41) is 0. The molecule has 0 radical (unpaired) electrons. The van der Waals surface area contributed by atoms with Gasteiger partial charge in [0.25, 0.3) is 0 Å². The summed E-state index contributed by atoms with van der Waals surface area (Å²) in [5.41, 5.74) is 0. The van der Waals surface area contributed by atoms with Gasteiger partial charge in [0, 0.05) is 19.6 Å². The van der Waals surface area contributed by atoms with Crippen LogP contribution in [0.5, 0.6) is 0 Å². The Morgan fingerprint density at radius 2 is 1.53 bits per heavy atom. The Morgan fingerprint density at radius 1 is 0.947 bits per heavy atom. The quantitative estimate of drug-likeness (QED) is 0.623. The van der Waals surface area contributed by atoms with Crippen molar-refractivity contribution in [1.82, 2.24) is 19.6 Å². The fraction of sp³-hybridized carbons (Fsp3) is 0.929. The number of hydrogen-bond donors (Lipinski definition) is 0. The van der Waals surface area contributed by atoms with Crippen molar-refractivity contribution < 1.29 is 4.79 Å². The van der Waals surface area contributed by atoms with Crippen LogP contribution in [0, 0.1) is 0 Å². The van der Waals surface area contributed by atoms with E-state index >= 15 is 0 Å². The summed E-state index contributed by atoms with van der Waals surface area (Å²) in [6, 6.07) is 0. The average Bonchev–Trinajstić information content (AvgIpc) is 2.31. The van der Waals surface area contributed by atoms with Gasteiger partial charge in [0.1, 0.15) is 0 Å². The third-order valence-electron chi connectivity index (χ3n) is 3.51. The topological polar surface area (TPSA) is 30.0 Å². The van der Waals surface area contributed by atoms with Crippen LogP contribution in [0.1, 0.15) is 12.8 Å². The Balaban J connectivity index is 2.18. The molecule has 5 heteroatoms. The monoisotopic (exact) mass is 270 g/mol. The average molecular weight is 270 g/mol. The molecule has 0 aliphatic carbocycles. The maximum absolute atomic E-state index is 12.0. The van der Waals surface area contributed by atoms with Crippen LogP contribution >= 0.6 is 0 Å². The van der Waals surface area contributed by atoms with Crippen molar-refractivity contribution in [3.05, 3.63) is 0 Å². The molecule has 1 fully saturated rings. The Labute approximate surface area is 118 Å². The van der Waals surface area contributed by atoms with Crippen molar-refractivity contribution in [2.24, 2.45) is 0 Å². The highest BCUT2D eigenvalue weighted by molar-refractivity contribution is 5.79. The molecular weight excluding hydrogens is 240 g/mol. The van der Waals surface area contributed by atoms with Gasteiger partial charge in [-0.05, 0) is 60.7 Å². The molecule has 0 aromatic heterocycles. The molecule has 112 valence electrons. The summed E-state index contributed by atoms with van der Waals surface area (Å²) >= 11 is 0. The lowest BCUT2D eigenvalue weighted by Crippen LogP contribution is -2.51. The normalized spacial score (nSPS) is 17.8. The molecule has 0 saturated carbocycles. The molecule has 1 heterocycles. The Morgan fingerprint density at radius 3 is 2.05 bits per heavy atom. The predicted molar refractivity (Wildman–Crippen MR) is 79.4 cm³/mol. The minimum Gasteiger partial charge on any atom is -0.340 e. The van der Waals surface area contributed by atoms with Gasteiger partial charge in [-0.15, -0.1) is 0 Å². The zero-order valence-corrected chi connectivity index (χ0v) is 13.1. The summed E-state index contributed by atoms with van der Waals surface area (Å²) in [5.74, 6) is 0.301. The maximum atomic E-state index is 12.0.